The fraction of sp³-hybridized carbons (Fsp3) is 0.111. The van der Waals surface area contributed by atoms with Crippen LogP contribution in [0.1, 0.15) is 16.7 Å². The largest absolute Gasteiger partial charge is 0.283 e. The van der Waals surface area contributed by atoms with Crippen LogP contribution in [0.15, 0.2) is 84.9 Å². The number of nitrogens with zero attached hydrogens (tertiary/aromatic N) is 2. The van der Waals surface area contributed by atoms with Crippen LogP contribution in [0.2, 0.25) is 5.02 Å². The van der Waals surface area contributed by atoms with Gasteiger partial charge in [-0.2, -0.15) is 0 Å². The number of rotatable bonds is 5. The highest BCUT2D eigenvalue weighted by molar-refractivity contribution is 7.22. The minimum atomic E-state index is 0.0213. The number of halogens is 1. The Balaban J connectivity index is 1.55. The van der Waals surface area contributed by atoms with Crippen molar-refractivity contribution in [2.24, 2.45) is 0 Å². The summed E-state index contributed by atoms with van der Waals surface area (Å²) in [5, 5.41) is 3.62. The number of amides is 1. The number of aromatic nitrogens is 1. The van der Waals surface area contributed by atoms with Gasteiger partial charge in [-0.1, -0.05) is 95.7 Å². The third kappa shape index (κ3) is 3.99. The average molecular weight is 457 g/mol. The van der Waals surface area contributed by atoms with E-state index in [2.05, 4.69) is 18.2 Å². The molecule has 0 N–H and O–H groups in total. The highest BCUT2D eigenvalue weighted by atomic mass is 35.5. The van der Waals surface area contributed by atoms with Crippen LogP contribution in [0, 0.1) is 6.92 Å². The first-order chi connectivity index (χ1) is 15.6. The summed E-state index contributed by atoms with van der Waals surface area (Å²) in [6.07, 6.45) is 0.309. The Morgan fingerprint density at radius 2 is 1.69 bits per heavy atom. The van der Waals surface area contributed by atoms with Crippen molar-refractivity contribution in [1.82, 2.24) is 4.98 Å². The third-order valence-electron chi connectivity index (χ3n) is 5.67. The van der Waals surface area contributed by atoms with Crippen LogP contribution in [-0.4, -0.2) is 10.9 Å². The van der Waals surface area contributed by atoms with E-state index >= 15 is 0 Å². The molecule has 5 aromatic rings. The van der Waals surface area contributed by atoms with Gasteiger partial charge in [0.15, 0.2) is 5.13 Å². The molecule has 0 aliphatic rings. The molecule has 1 aromatic heterocycles. The van der Waals surface area contributed by atoms with Crippen molar-refractivity contribution >= 4 is 55.0 Å². The van der Waals surface area contributed by atoms with Crippen molar-refractivity contribution in [2.75, 3.05) is 4.90 Å². The Morgan fingerprint density at radius 3 is 2.53 bits per heavy atom. The molecule has 5 heteroatoms. The van der Waals surface area contributed by atoms with E-state index in [9.17, 15) is 4.79 Å². The van der Waals surface area contributed by atoms with E-state index in [1.54, 1.807) is 4.90 Å². The van der Waals surface area contributed by atoms with E-state index < -0.39 is 0 Å². The Hall–Kier alpha value is -3.21. The molecule has 0 aliphatic heterocycles. The second kappa shape index (κ2) is 8.73. The summed E-state index contributed by atoms with van der Waals surface area (Å²) < 4.78 is 1.03. The van der Waals surface area contributed by atoms with Gasteiger partial charge in [0.2, 0.25) is 5.91 Å². The first-order valence-electron chi connectivity index (χ1n) is 10.5. The van der Waals surface area contributed by atoms with Gasteiger partial charge >= 0.3 is 0 Å². The van der Waals surface area contributed by atoms with E-state index in [1.807, 2.05) is 73.7 Å². The highest BCUT2D eigenvalue weighted by Gasteiger charge is 2.22. The second-order valence-corrected chi connectivity index (χ2v) is 9.21. The van der Waals surface area contributed by atoms with Crippen LogP contribution >= 0.6 is 22.9 Å². The maximum Gasteiger partial charge on any atom is 0.233 e. The molecule has 32 heavy (non-hydrogen) atoms. The summed E-state index contributed by atoms with van der Waals surface area (Å²) in [7, 11) is 0. The number of carbonyl (C=O) groups is 1. The van der Waals surface area contributed by atoms with Gasteiger partial charge < -0.3 is 0 Å². The maximum absolute atomic E-state index is 13.7. The Morgan fingerprint density at radius 1 is 0.938 bits per heavy atom. The van der Waals surface area contributed by atoms with Gasteiger partial charge in [-0.3, -0.25) is 9.69 Å². The monoisotopic (exact) mass is 456 g/mol. The van der Waals surface area contributed by atoms with Gasteiger partial charge in [0, 0.05) is 5.02 Å². The number of hydrogen-bond donors (Lipinski definition) is 0. The van der Waals surface area contributed by atoms with E-state index in [4.69, 9.17) is 16.6 Å². The number of benzene rings is 4. The zero-order valence-corrected chi connectivity index (χ0v) is 19.2. The van der Waals surface area contributed by atoms with E-state index in [-0.39, 0.29) is 5.91 Å². The van der Waals surface area contributed by atoms with Crippen LogP contribution in [0.3, 0.4) is 0 Å². The number of fused-ring (bicyclic) bond motifs is 2. The SMILES string of the molecule is Cc1c(Cl)ccc2sc(N(Cc3ccccc3)C(=O)Cc3cccc4ccccc34)nc12. The summed E-state index contributed by atoms with van der Waals surface area (Å²) in [4.78, 5) is 20.3. The standard InChI is InChI=1S/C27H21ClN2OS/c1-18-23(28)14-15-24-26(18)29-27(32-24)30(17-19-8-3-2-4-9-19)25(31)16-21-12-7-11-20-10-5-6-13-22(20)21/h2-15H,16-17H2,1H3. The molecule has 1 heterocycles. The summed E-state index contributed by atoms with van der Waals surface area (Å²) in [6.45, 7) is 2.44. The van der Waals surface area contributed by atoms with Crippen LogP contribution < -0.4 is 4.90 Å². The normalized spacial score (nSPS) is 11.2. The molecule has 0 bridgehead atoms. The van der Waals surface area contributed by atoms with Crippen molar-refractivity contribution in [1.29, 1.82) is 0 Å². The van der Waals surface area contributed by atoms with Crippen LogP contribution in [-0.2, 0) is 17.8 Å². The van der Waals surface area contributed by atoms with E-state index in [1.165, 1.54) is 11.3 Å². The topological polar surface area (TPSA) is 33.2 Å². The average Bonchev–Trinajstić information content (AvgIpc) is 3.25. The van der Waals surface area contributed by atoms with Crippen molar-refractivity contribution in [3.63, 3.8) is 0 Å². The van der Waals surface area contributed by atoms with Crippen LogP contribution in [0.5, 0.6) is 0 Å². The molecule has 0 saturated heterocycles. The van der Waals surface area contributed by atoms with Crippen LogP contribution in [0.25, 0.3) is 21.0 Å². The van der Waals surface area contributed by atoms with Gasteiger partial charge in [-0.05, 0) is 46.5 Å². The molecule has 5 rings (SSSR count). The first-order valence-corrected chi connectivity index (χ1v) is 11.7. The summed E-state index contributed by atoms with van der Waals surface area (Å²) in [5.74, 6) is 0.0213. The lowest BCUT2D eigenvalue weighted by Gasteiger charge is -2.20. The summed E-state index contributed by atoms with van der Waals surface area (Å²) in [5.41, 5.74) is 3.88. The van der Waals surface area contributed by atoms with Crippen molar-refractivity contribution in [3.05, 3.63) is 107 Å². The predicted molar refractivity (Wildman–Crippen MR) is 135 cm³/mol. The lowest BCUT2D eigenvalue weighted by molar-refractivity contribution is -0.118. The number of aryl methyl sites for hydroxylation is 1. The smallest absolute Gasteiger partial charge is 0.233 e. The molecule has 4 aromatic carbocycles. The van der Waals surface area contributed by atoms with E-state index in [0.29, 0.717) is 23.1 Å². The Labute approximate surface area is 195 Å². The Bertz CT molecular complexity index is 1420. The van der Waals surface area contributed by atoms with Gasteiger partial charge in [0.05, 0.1) is 23.2 Å². The molecule has 0 unspecified atom stereocenters. The highest BCUT2D eigenvalue weighted by Crippen LogP contribution is 2.34. The number of thiazole rings is 1. The fourth-order valence-electron chi connectivity index (χ4n) is 3.94. The van der Waals surface area contributed by atoms with Gasteiger partial charge in [0.25, 0.3) is 0 Å². The molecule has 0 fully saturated rings. The van der Waals surface area contributed by atoms with Crippen molar-refractivity contribution in [2.45, 2.75) is 19.9 Å². The predicted octanol–water partition coefficient (Wildman–Crippen LogP) is 7.19. The lowest BCUT2D eigenvalue weighted by Crippen LogP contribution is -2.31. The van der Waals surface area contributed by atoms with Gasteiger partial charge in [-0.15, -0.1) is 0 Å². The minimum Gasteiger partial charge on any atom is -0.283 e. The van der Waals surface area contributed by atoms with E-state index in [0.717, 1.165) is 37.7 Å². The molecular formula is C27H21ClN2OS. The molecule has 158 valence electrons. The van der Waals surface area contributed by atoms with Gasteiger partial charge in [0.1, 0.15) is 0 Å². The Kier molecular flexibility index (Phi) is 5.64. The number of carbonyl (C=O) groups excluding carboxylic acids is 1. The molecule has 0 saturated carbocycles. The molecule has 0 spiro atoms. The molecule has 3 nitrogen and oxygen atoms in total. The lowest BCUT2D eigenvalue weighted by atomic mass is 10.0. The molecule has 1 amide bonds. The zero-order chi connectivity index (χ0) is 22.1. The van der Waals surface area contributed by atoms with Crippen molar-refractivity contribution in [3.8, 4) is 0 Å². The van der Waals surface area contributed by atoms with Gasteiger partial charge in [-0.25, -0.2) is 4.98 Å². The first kappa shape index (κ1) is 20.7. The third-order valence-corrected chi connectivity index (χ3v) is 7.13. The summed E-state index contributed by atoms with van der Waals surface area (Å²) in [6, 6.07) is 28.2. The number of anilines is 1. The molecule has 0 radical (unpaired) electrons. The fourth-order valence-corrected chi connectivity index (χ4v) is 5.13. The maximum atomic E-state index is 13.7. The molecule has 0 aliphatic carbocycles. The minimum absolute atomic E-state index is 0.0213. The molecular weight excluding hydrogens is 436 g/mol. The number of hydrogen-bond acceptors (Lipinski definition) is 3. The van der Waals surface area contributed by atoms with Crippen LogP contribution in [0.4, 0.5) is 5.13 Å². The zero-order valence-electron chi connectivity index (χ0n) is 17.6. The second-order valence-electron chi connectivity index (χ2n) is 7.80. The molecule has 0 atom stereocenters. The van der Waals surface area contributed by atoms with Crippen molar-refractivity contribution < 1.29 is 4.79 Å². The quantitative estimate of drug-likeness (QED) is 0.280. The summed E-state index contributed by atoms with van der Waals surface area (Å²) >= 11 is 7.84.